The van der Waals surface area contributed by atoms with E-state index >= 15 is 0 Å². The molecule has 0 radical (unpaired) electrons. The van der Waals surface area contributed by atoms with Gasteiger partial charge in [-0.3, -0.25) is 9.63 Å². The summed E-state index contributed by atoms with van der Waals surface area (Å²) in [5, 5.41) is 25.2. The van der Waals surface area contributed by atoms with E-state index in [0.29, 0.717) is 12.8 Å². The maximum Gasteiger partial charge on any atom is 0.511 e. The van der Waals surface area contributed by atoms with Gasteiger partial charge in [-0.25, -0.2) is 4.79 Å². The number of carboxylic acid groups (broad SMARTS) is 1. The van der Waals surface area contributed by atoms with E-state index in [1.54, 1.807) is 20.8 Å². The van der Waals surface area contributed by atoms with Gasteiger partial charge in [0.05, 0.1) is 24.0 Å². The van der Waals surface area contributed by atoms with Gasteiger partial charge in [0.1, 0.15) is 5.60 Å². The maximum atomic E-state index is 11.7. The van der Waals surface area contributed by atoms with Gasteiger partial charge >= 0.3 is 12.1 Å². The average Bonchev–Trinajstić information content (AvgIpc) is 2.42. The second-order valence-electron chi connectivity index (χ2n) is 6.16. The molecule has 0 aromatic heterocycles. The molecule has 1 aliphatic heterocycles. The number of hydrazine groups is 1. The quantitative estimate of drug-likeness (QED) is 0.266. The van der Waals surface area contributed by atoms with Gasteiger partial charge in [-0.2, -0.15) is 0 Å². The fraction of sp³-hybridized carbons (Fsp3) is 0.846. The highest BCUT2D eigenvalue weighted by Gasteiger charge is 2.28. The monoisotopic (exact) mass is 333 g/mol. The van der Waals surface area contributed by atoms with Crippen LogP contribution in [-0.4, -0.2) is 52.2 Å². The standard InChI is InChI=1S/C13H23N3O7/c1-9(21-12(19)22-13(2,3)4)23-14-16(20)15-7-5-10(6-8-15)11(17)18/h9-10H,5-8H2,1-4H3,(H,17,18). The molecular weight excluding hydrogens is 310 g/mol. The second-order valence-corrected chi connectivity index (χ2v) is 6.16. The van der Waals surface area contributed by atoms with Crippen molar-refractivity contribution in [2.24, 2.45) is 11.2 Å². The molecular formula is C13H23N3O7. The molecule has 1 unspecified atom stereocenters. The van der Waals surface area contributed by atoms with E-state index in [1.165, 1.54) is 11.9 Å². The van der Waals surface area contributed by atoms with Crippen LogP contribution in [0.15, 0.2) is 5.28 Å². The highest BCUT2D eigenvalue weighted by molar-refractivity contribution is 5.70. The zero-order valence-corrected chi connectivity index (χ0v) is 13.7. The predicted molar refractivity (Wildman–Crippen MR) is 75.9 cm³/mol. The summed E-state index contributed by atoms with van der Waals surface area (Å²) in [7, 11) is 0. The number of nitrogens with zero attached hydrogens (tertiary/aromatic N) is 3. The molecule has 23 heavy (non-hydrogen) atoms. The highest BCUT2D eigenvalue weighted by atomic mass is 16.8. The lowest BCUT2D eigenvalue weighted by molar-refractivity contribution is -0.715. The highest BCUT2D eigenvalue weighted by Crippen LogP contribution is 2.17. The molecule has 10 nitrogen and oxygen atoms in total. The maximum absolute atomic E-state index is 11.7. The summed E-state index contributed by atoms with van der Waals surface area (Å²) in [6.45, 7) is 6.96. The summed E-state index contributed by atoms with van der Waals surface area (Å²) >= 11 is 0. The van der Waals surface area contributed by atoms with Crippen LogP contribution in [-0.2, 0) is 19.1 Å². The average molecular weight is 333 g/mol. The van der Waals surface area contributed by atoms with E-state index in [4.69, 9.17) is 19.4 Å². The van der Waals surface area contributed by atoms with Crippen LogP contribution < -0.4 is 0 Å². The smallest absolute Gasteiger partial charge is 0.511 e. The van der Waals surface area contributed by atoms with Crippen LogP contribution in [0.2, 0.25) is 0 Å². The number of hydrogen-bond donors (Lipinski definition) is 1. The first-order valence-corrected chi connectivity index (χ1v) is 7.30. The Labute approximate surface area is 134 Å². The lowest BCUT2D eigenvalue weighted by Gasteiger charge is -2.25. The molecule has 132 valence electrons. The second kappa shape index (κ2) is 7.84. The normalized spacial score (nSPS) is 18.3. The van der Waals surface area contributed by atoms with E-state index in [9.17, 15) is 14.8 Å². The summed E-state index contributed by atoms with van der Waals surface area (Å²) in [4.78, 5) is 27.2. The van der Waals surface area contributed by atoms with Crippen LogP contribution in [0.4, 0.5) is 4.79 Å². The Hall–Kier alpha value is -2.26. The molecule has 1 saturated heterocycles. The van der Waals surface area contributed by atoms with Crippen molar-refractivity contribution in [3.8, 4) is 0 Å². The number of ether oxygens (including phenoxy) is 2. The SMILES string of the molecule is CC(ON=[N+]([O-])N1CCC(C(=O)O)CC1)OC(=O)OC(C)(C)C. The van der Waals surface area contributed by atoms with E-state index in [-0.39, 0.29) is 18.1 Å². The molecule has 1 rings (SSSR count). The van der Waals surface area contributed by atoms with Crippen LogP contribution >= 0.6 is 0 Å². The van der Waals surface area contributed by atoms with Crippen molar-refractivity contribution in [2.75, 3.05) is 13.1 Å². The molecule has 0 aromatic carbocycles. The zero-order chi connectivity index (χ0) is 17.6. The summed E-state index contributed by atoms with van der Waals surface area (Å²) in [5.41, 5.74) is -0.701. The number of carbonyl (C=O) groups excluding carboxylic acids is 1. The number of aliphatic carboxylic acids is 1. The minimum absolute atomic E-state index is 0.229. The molecule has 0 bridgehead atoms. The largest absolute Gasteiger partial charge is 0.569 e. The summed E-state index contributed by atoms with van der Waals surface area (Å²) in [5.74, 6) is -1.32. The minimum Gasteiger partial charge on any atom is -0.569 e. The van der Waals surface area contributed by atoms with Crippen molar-refractivity contribution >= 4 is 12.1 Å². The van der Waals surface area contributed by atoms with Crippen LogP contribution in [0.5, 0.6) is 0 Å². The predicted octanol–water partition coefficient (Wildman–Crippen LogP) is 1.89. The minimum atomic E-state index is -1.10. The fourth-order valence-corrected chi connectivity index (χ4v) is 1.87. The number of hydrogen-bond acceptors (Lipinski definition) is 7. The van der Waals surface area contributed by atoms with Gasteiger partial charge in [0, 0.05) is 6.92 Å². The molecule has 10 heteroatoms. The first-order valence-electron chi connectivity index (χ1n) is 7.30. The molecule has 0 aromatic rings. The molecule has 1 atom stereocenters. The third kappa shape index (κ3) is 7.02. The third-order valence-corrected chi connectivity index (χ3v) is 2.98. The molecule has 1 heterocycles. The number of carbonyl (C=O) groups is 2. The fourth-order valence-electron chi connectivity index (χ4n) is 1.87. The summed E-state index contributed by atoms with van der Waals surface area (Å²) < 4.78 is 9.70. The van der Waals surface area contributed by atoms with Crippen molar-refractivity contribution in [3.63, 3.8) is 0 Å². The number of carboxylic acids is 1. The summed E-state index contributed by atoms with van der Waals surface area (Å²) in [6, 6.07) is 0. The Morgan fingerprint density at radius 3 is 2.39 bits per heavy atom. The van der Waals surface area contributed by atoms with Crippen molar-refractivity contribution in [2.45, 2.75) is 52.4 Å². The molecule has 1 fully saturated rings. The van der Waals surface area contributed by atoms with Gasteiger partial charge < -0.3 is 19.8 Å². The topological polar surface area (TPSA) is 124 Å². The van der Waals surface area contributed by atoms with Crippen LogP contribution in [0, 0.1) is 11.1 Å². The van der Waals surface area contributed by atoms with Crippen molar-refractivity contribution < 1.29 is 34.0 Å². The van der Waals surface area contributed by atoms with Gasteiger partial charge in [-0.1, -0.05) is 0 Å². The number of rotatable bonds is 5. The molecule has 0 spiro atoms. The van der Waals surface area contributed by atoms with Crippen molar-refractivity contribution in [3.05, 3.63) is 5.21 Å². The Morgan fingerprint density at radius 2 is 1.91 bits per heavy atom. The van der Waals surface area contributed by atoms with E-state index < -0.39 is 29.9 Å². The molecule has 0 amide bonds. The van der Waals surface area contributed by atoms with Gasteiger partial charge in [0.2, 0.25) is 5.28 Å². The van der Waals surface area contributed by atoms with Gasteiger partial charge in [-0.05, 0) is 33.6 Å². The lowest BCUT2D eigenvalue weighted by atomic mass is 9.98. The van der Waals surface area contributed by atoms with Gasteiger partial charge in [0.25, 0.3) is 6.29 Å². The van der Waals surface area contributed by atoms with Crippen LogP contribution in [0.3, 0.4) is 0 Å². The molecule has 1 N–H and O–H groups in total. The third-order valence-electron chi connectivity index (χ3n) is 2.98. The van der Waals surface area contributed by atoms with E-state index in [1.807, 2.05) is 0 Å². The first kappa shape index (κ1) is 18.8. The Kier molecular flexibility index (Phi) is 6.40. The Balaban J connectivity index is 2.38. The van der Waals surface area contributed by atoms with Gasteiger partial charge in [0.15, 0.2) is 0 Å². The summed E-state index contributed by atoms with van der Waals surface area (Å²) in [6.07, 6.45) is -1.32. The van der Waals surface area contributed by atoms with E-state index in [2.05, 4.69) is 5.28 Å². The molecule has 0 saturated carbocycles. The zero-order valence-electron chi connectivity index (χ0n) is 13.7. The van der Waals surface area contributed by atoms with Gasteiger partial charge in [-0.15, -0.1) is 5.01 Å². The van der Waals surface area contributed by atoms with E-state index in [0.717, 1.165) is 0 Å². The Bertz CT molecular complexity index is 453. The lowest BCUT2D eigenvalue weighted by Crippen LogP contribution is -2.40. The first-order chi connectivity index (χ1) is 10.6. The van der Waals surface area contributed by atoms with Crippen LogP contribution in [0.1, 0.15) is 40.5 Å². The molecule has 1 aliphatic rings. The molecule has 0 aliphatic carbocycles. The Morgan fingerprint density at radius 1 is 1.35 bits per heavy atom. The van der Waals surface area contributed by atoms with Crippen LogP contribution in [0.25, 0.3) is 0 Å². The number of piperidine rings is 1. The van der Waals surface area contributed by atoms with Crippen molar-refractivity contribution in [1.29, 1.82) is 0 Å². The van der Waals surface area contributed by atoms with Crippen molar-refractivity contribution in [1.82, 2.24) is 5.01 Å².